The number of hydrogen-bond acceptors (Lipinski definition) is 4. The second-order valence-electron chi connectivity index (χ2n) is 5.90. The van der Waals surface area contributed by atoms with Gasteiger partial charge in [-0.05, 0) is 37.1 Å². The van der Waals surface area contributed by atoms with Gasteiger partial charge in [-0.2, -0.15) is 0 Å². The van der Waals surface area contributed by atoms with Crippen LogP contribution in [-0.4, -0.2) is 26.0 Å². The van der Waals surface area contributed by atoms with Crippen molar-refractivity contribution >= 4 is 23.2 Å². The topological polar surface area (TPSA) is 76.7 Å². The van der Waals surface area contributed by atoms with Crippen molar-refractivity contribution in [1.29, 1.82) is 0 Å². The molecular weight excluding hydrogens is 320 g/mol. The van der Waals surface area contributed by atoms with Crippen molar-refractivity contribution in [3.8, 4) is 11.5 Å². The summed E-state index contributed by atoms with van der Waals surface area (Å²) in [6, 6.07) is 12.0. The lowest BCUT2D eigenvalue weighted by molar-refractivity contribution is -0.117. The van der Waals surface area contributed by atoms with Crippen LogP contribution in [0, 0.1) is 5.92 Å². The molecule has 25 heavy (non-hydrogen) atoms. The van der Waals surface area contributed by atoms with Crippen LogP contribution in [0.1, 0.15) is 23.2 Å². The average molecular weight is 340 g/mol. The monoisotopic (exact) mass is 340 g/mol. The van der Waals surface area contributed by atoms with Gasteiger partial charge in [0.1, 0.15) is 11.5 Å². The quantitative estimate of drug-likeness (QED) is 0.846. The van der Waals surface area contributed by atoms with Crippen molar-refractivity contribution in [2.45, 2.75) is 12.8 Å². The first-order chi connectivity index (χ1) is 12.1. The second kappa shape index (κ2) is 7.25. The Kier molecular flexibility index (Phi) is 4.88. The van der Waals surface area contributed by atoms with Crippen LogP contribution in [0.4, 0.5) is 11.4 Å². The molecule has 0 spiro atoms. The summed E-state index contributed by atoms with van der Waals surface area (Å²) in [7, 11) is 3.10. The third-order valence-electron chi connectivity index (χ3n) is 3.97. The van der Waals surface area contributed by atoms with Gasteiger partial charge in [0.25, 0.3) is 5.91 Å². The number of benzene rings is 2. The number of rotatable bonds is 6. The van der Waals surface area contributed by atoms with Crippen LogP contribution in [0.25, 0.3) is 0 Å². The summed E-state index contributed by atoms with van der Waals surface area (Å²) in [6.07, 6.45) is 1.91. The van der Waals surface area contributed by atoms with Crippen molar-refractivity contribution in [3.63, 3.8) is 0 Å². The molecule has 130 valence electrons. The Labute approximate surface area is 146 Å². The number of nitrogens with one attached hydrogen (secondary N) is 2. The molecule has 1 aliphatic rings. The van der Waals surface area contributed by atoms with Crippen molar-refractivity contribution < 1.29 is 19.1 Å². The summed E-state index contributed by atoms with van der Waals surface area (Å²) in [5.41, 5.74) is 1.76. The van der Waals surface area contributed by atoms with Gasteiger partial charge < -0.3 is 20.1 Å². The number of anilines is 2. The van der Waals surface area contributed by atoms with Gasteiger partial charge in [0.15, 0.2) is 0 Å². The number of hydrogen-bond donors (Lipinski definition) is 2. The molecule has 6 nitrogen and oxygen atoms in total. The van der Waals surface area contributed by atoms with E-state index >= 15 is 0 Å². The van der Waals surface area contributed by atoms with Crippen molar-refractivity contribution in [1.82, 2.24) is 0 Å². The summed E-state index contributed by atoms with van der Waals surface area (Å²) in [6.45, 7) is 0. The van der Waals surface area contributed by atoms with Gasteiger partial charge in [-0.25, -0.2) is 0 Å². The fourth-order valence-electron chi connectivity index (χ4n) is 2.38. The summed E-state index contributed by atoms with van der Waals surface area (Å²) in [4.78, 5) is 24.1. The number of methoxy groups -OCH3 is 2. The minimum Gasteiger partial charge on any atom is -0.497 e. The number of ether oxygens (including phenoxy) is 2. The molecule has 1 saturated carbocycles. The van der Waals surface area contributed by atoms with E-state index in [0.29, 0.717) is 28.4 Å². The first-order valence-corrected chi connectivity index (χ1v) is 8.04. The van der Waals surface area contributed by atoms with Gasteiger partial charge in [0.2, 0.25) is 5.91 Å². The first-order valence-electron chi connectivity index (χ1n) is 8.04. The molecule has 2 N–H and O–H groups in total. The lowest BCUT2D eigenvalue weighted by Crippen LogP contribution is -2.14. The zero-order valence-corrected chi connectivity index (χ0v) is 14.2. The Morgan fingerprint density at radius 2 is 1.48 bits per heavy atom. The highest BCUT2D eigenvalue weighted by atomic mass is 16.5. The van der Waals surface area contributed by atoms with Crippen LogP contribution in [0.15, 0.2) is 42.5 Å². The molecule has 0 aliphatic heterocycles. The average Bonchev–Trinajstić information content (AvgIpc) is 3.47. The van der Waals surface area contributed by atoms with E-state index < -0.39 is 0 Å². The Balaban J connectivity index is 1.67. The van der Waals surface area contributed by atoms with Gasteiger partial charge in [-0.1, -0.05) is 0 Å². The molecule has 6 heteroatoms. The van der Waals surface area contributed by atoms with E-state index in [1.807, 2.05) is 0 Å². The van der Waals surface area contributed by atoms with E-state index in [1.165, 1.54) is 0 Å². The maximum Gasteiger partial charge on any atom is 0.255 e. The minimum atomic E-state index is -0.254. The molecule has 1 fully saturated rings. The lowest BCUT2D eigenvalue weighted by Gasteiger charge is -2.10. The van der Waals surface area contributed by atoms with E-state index in [-0.39, 0.29) is 17.7 Å². The summed E-state index contributed by atoms with van der Waals surface area (Å²) < 4.78 is 10.4. The minimum absolute atomic E-state index is 0.0423. The number of amides is 2. The van der Waals surface area contributed by atoms with E-state index in [9.17, 15) is 9.59 Å². The standard InChI is InChI=1S/C19H20N2O4/c1-24-16-9-15(10-17(11-16)25-2)21-19(23)13-5-7-14(8-6-13)20-18(22)12-3-4-12/h5-12H,3-4H2,1-2H3,(H,20,22)(H,21,23). The molecule has 0 unspecified atom stereocenters. The van der Waals surface area contributed by atoms with E-state index in [2.05, 4.69) is 10.6 Å². The SMILES string of the molecule is COc1cc(NC(=O)c2ccc(NC(=O)C3CC3)cc2)cc(OC)c1. The first kappa shape index (κ1) is 16.8. The Morgan fingerprint density at radius 1 is 0.880 bits per heavy atom. The molecule has 2 aromatic carbocycles. The fourth-order valence-corrected chi connectivity index (χ4v) is 2.38. The van der Waals surface area contributed by atoms with Crippen molar-refractivity contribution in [2.75, 3.05) is 24.9 Å². The largest absolute Gasteiger partial charge is 0.497 e. The van der Waals surface area contributed by atoms with Crippen LogP contribution in [0.3, 0.4) is 0 Å². The summed E-state index contributed by atoms with van der Waals surface area (Å²) in [5.74, 6) is 1.11. The Morgan fingerprint density at radius 3 is 2.00 bits per heavy atom. The molecule has 2 aromatic rings. The molecule has 0 atom stereocenters. The lowest BCUT2D eigenvalue weighted by atomic mass is 10.2. The predicted molar refractivity (Wildman–Crippen MR) is 95.3 cm³/mol. The van der Waals surface area contributed by atoms with Gasteiger partial charge in [0, 0.05) is 41.1 Å². The molecule has 3 rings (SSSR count). The van der Waals surface area contributed by atoms with Crippen LogP contribution >= 0.6 is 0 Å². The molecule has 0 aromatic heterocycles. The van der Waals surface area contributed by atoms with Crippen molar-refractivity contribution in [3.05, 3.63) is 48.0 Å². The smallest absolute Gasteiger partial charge is 0.255 e. The molecule has 0 heterocycles. The Bertz CT molecular complexity index is 760. The molecule has 0 bridgehead atoms. The predicted octanol–water partition coefficient (Wildman–Crippen LogP) is 3.30. The zero-order chi connectivity index (χ0) is 17.8. The molecule has 2 amide bonds. The van der Waals surface area contributed by atoms with Gasteiger partial charge >= 0.3 is 0 Å². The summed E-state index contributed by atoms with van der Waals surface area (Å²) in [5, 5.41) is 5.66. The zero-order valence-electron chi connectivity index (χ0n) is 14.2. The maximum atomic E-state index is 12.4. The van der Waals surface area contributed by atoms with Gasteiger partial charge in [0.05, 0.1) is 14.2 Å². The highest BCUT2D eigenvalue weighted by molar-refractivity contribution is 6.05. The summed E-state index contributed by atoms with van der Waals surface area (Å²) >= 11 is 0. The van der Waals surface area contributed by atoms with Crippen LogP contribution in [0.5, 0.6) is 11.5 Å². The van der Waals surface area contributed by atoms with Crippen molar-refractivity contribution in [2.24, 2.45) is 5.92 Å². The van der Waals surface area contributed by atoms with Crippen LogP contribution in [0.2, 0.25) is 0 Å². The van der Waals surface area contributed by atoms with Gasteiger partial charge in [-0.15, -0.1) is 0 Å². The Hall–Kier alpha value is -3.02. The highest BCUT2D eigenvalue weighted by Gasteiger charge is 2.29. The normalized spacial score (nSPS) is 13.0. The maximum absolute atomic E-state index is 12.4. The third-order valence-corrected chi connectivity index (χ3v) is 3.97. The molecule has 0 radical (unpaired) electrons. The fraction of sp³-hybridized carbons (Fsp3) is 0.263. The number of carbonyl (C=O) groups excluding carboxylic acids is 2. The van der Waals surface area contributed by atoms with E-state index in [4.69, 9.17) is 9.47 Å². The molecule has 0 saturated heterocycles. The van der Waals surface area contributed by atoms with E-state index in [0.717, 1.165) is 12.8 Å². The molecular formula is C19H20N2O4. The van der Waals surface area contributed by atoms with E-state index in [1.54, 1.807) is 56.7 Å². The van der Waals surface area contributed by atoms with Crippen LogP contribution < -0.4 is 20.1 Å². The molecule has 1 aliphatic carbocycles. The third kappa shape index (κ3) is 4.29. The van der Waals surface area contributed by atoms with Gasteiger partial charge in [-0.3, -0.25) is 9.59 Å². The number of carbonyl (C=O) groups is 2. The highest BCUT2D eigenvalue weighted by Crippen LogP contribution is 2.30. The second-order valence-corrected chi connectivity index (χ2v) is 5.90. The van der Waals surface area contributed by atoms with Crippen LogP contribution in [-0.2, 0) is 4.79 Å².